The molecule has 4 aromatic rings. The molecule has 8 nitrogen and oxygen atoms in total. The first-order chi connectivity index (χ1) is 15.1. The lowest BCUT2D eigenvalue weighted by molar-refractivity contribution is -0.111. The molecule has 0 aliphatic carbocycles. The highest BCUT2D eigenvalue weighted by molar-refractivity contribution is 7.09. The van der Waals surface area contributed by atoms with E-state index in [4.69, 9.17) is 4.74 Å². The second-order valence-corrected chi connectivity index (χ2v) is 7.86. The van der Waals surface area contributed by atoms with E-state index in [1.54, 1.807) is 17.4 Å². The van der Waals surface area contributed by atoms with Crippen LogP contribution in [0.5, 0.6) is 5.75 Å². The van der Waals surface area contributed by atoms with E-state index < -0.39 is 0 Å². The predicted octanol–water partition coefficient (Wildman–Crippen LogP) is 3.97. The molecule has 0 aliphatic heterocycles. The van der Waals surface area contributed by atoms with Gasteiger partial charge in [-0.15, -0.1) is 16.4 Å². The second-order valence-electron chi connectivity index (χ2n) is 6.80. The number of hydrogen-bond donors (Lipinski definition) is 1. The molecule has 2 aromatic heterocycles. The summed E-state index contributed by atoms with van der Waals surface area (Å²) >= 11 is 1.60. The predicted molar refractivity (Wildman–Crippen MR) is 119 cm³/mol. The fraction of sp³-hybridized carbons (Fsp3) is 0.136. The van der Waals surface area contributed by atoms with Crippen molar-refractivity contribution in [2.45, 2.75) is 20.5 Å². The first-order valence-electron chi connectivity index (χ1n) is 9.54. The van der Waals surface area contributed by atoms with Gasteiger partial charge in [-0.1, -0.05) is 18.2 Å². The third-order valence-electron chi connectivity index (χ3n) is 4.43. The molecule has 0 atom stereocenters. The van der Waals surface area contributed by atoms with E-state index in [9.17, 15) is 4.79 Å². The summed E-state index contributed by atoms with van der Waals surface area (Å²) in [5, 5.41) is 17.0. The van der Waals surface area contributed by atoms with Crippen molar-refractivity contribution in [2.75, 3.05) is 5.32 Å². The molecule has 0 unspecified atom stereocenters. The first kappa shape index (κ1) is 20.4. The third-order valence-corrected chi connectivity index (χ3v) is 5.25. The van der Waals surface area contributed by atoms with E-state index in [-0.39, 0.29) is 5.91 Å². The van der Waals surface area contributed by atoms with E-state index in [2.05, 4.69) is 25.8 Å². The summed E-state index contributed by atoms with van der Waals surface area (Å²) in [6, 6.07) is 13.2. The number of rotatable bonds is 7. The van der Waals surface area contributed by atoms with Crippen LogP contribution >= 0.6 is 11.3 Å². The summed E-state index contributed by atoms with van der Waals surface area (Å²) in [5.41, 5.74) is 4.16. The number of thiazole rings is 1. The van der Waals surface area contributed by atoms with E-state index in [1.165, 1.54) is 17.1 Å². The number of ether oxygens (including phenoxy) is 1. The van der Waals surface area contributed by atoms with Crippen LogP contribution in [0.3, 0.4) is 0 Å². The van der Waals surface area contributed by atoms with Crippen molar-refractivity contribution in [3.8, 4) is 11.4 Å². The van der Waals surface area contributed by atoms with Gasteiger partial charge in [0.05, 0.1) is 16.4 Å². The summed E-state index contributed by atoms with van der Waals surface area (Å²) < 4.78 is 7.34. The van der Waals surface area contributed by atoms with Gasteiger partial charge in [0, 0.05) is 17.1 Å². The highest BCUT2D eigenvalue weighted by atomic mass is 32.1. The molecule has 4 rings (SSSR count). The van der Waals surface area contributed by atoms with Crippen molar-refractivity contribution in [3.63, 3.8) is 0 Å². The van der Waals surface area contributed by atoms with Gasteiger partial charge in [0.25, 0.3) is 0 Å². The molecule has 0 bridgehead atoms. The minimum atomic E-state index is -0.235. The molecule has 9 heteroatoms. The number of tetrazole rings is 1. The van der Waals surface area contributed by atoms with Gasteiger partial charge in [0.1, 0.15) is 18.7 Å². The quantitative estimate of drug-likeness (QED) is 0.444. The van der Waals surface area contributed by atoms with Gasteiger partial charge in [-0.25, -0.2) is 9.67 Å². The van der Waals surface area contributed by atoms with Crippen LogP contribution < -0.4 is 10.1 Å². The largest absolute Gasteiger partial charge is 0.487 e. The smallest absolute Gasteiger partial charge is 0.248 e. The Hall–Kier alpha value is -3.85. The molecule has 0 aliphatic rings. The zero-order valence-corrected chi connectivity index (χ0v) is 17.8. The minimum absolute atomic E-state index is 0.235. The molecule has 156 valence electrons. The van der Waals surface area contributed by atoms with Gasteiger partial charge >= 0.3 is 0 Å². The Morgan fingerprint density at radius 3 is 2.90 bits per heavy atom. The van der Waals surface area contributed by atoms with E-state index >= 15 is 0 Å². The molecule has 0 saturated heterocycles. The zero-order valence-electron chi connectivity index (χ0n) is 17.0. The van der Waals surface area contributed by atoms with Gasteiger partial charge in [-0.05, 0) is 65.7 Å². The maximum absolute atomic E-state index is 12.5. The molecule has 0 radical (unpaired) electrons. The first-order valence-corrected chi connectivity index (χ1v) is 10.4. The van der Waals surface area contributed by atoms with Gasteiger partial charge in [0.15, 0.2) is 0 Å². The summed E-state index contributed by atoms with van der Waals surface area (Å²) in [7, 11) is 0. The van der Waals surface area contributed by atoms with Crippen LogP contribution in [0.2, 0.25) is 0 Å². The lowest BCUT2D eigenvalue weighted by Gasteiger charge is -2.09. The van der Waals surface area contributed by atoms with E-state index in [0.29, 0.717) is 12.3 Å². The van der Waals surface area contributed by atoms with Crippen LogP contribution in [0.4, 0.5) is 5.69 Å². The topological polar surface area (TPSA) is 94.8 Å². The van der Waals surface area contributed by atoms with Crippen LogP contribution in [0.15, 0.2) is 60.2 Å². The lowest BCUT2D eigenvalue weighted by Crippen LogP contribution is -2.09. The fourth-order valence-electron chi connectivity index (χ4n) is 2.85. The molecule has 1 N–H and O–H groups in total. The average Bonchev–Trinajstić information content (AvgIpc) is 3.45. The normalized spacial score (nSPS) is 11.0. The molecular formula is C22H20N6O2S. The number of nitrogens with zero attached hydrogens (tertiary/aromatic N) is 5. The summed E-state index contributed by atoms with van der Waals surface area (Å²) in [5.74, 6) is 0.486. The van der Waals surface area contributed by atoms with Crippen LogP contribution in [-0.2, 0) is 11.4 Å². The van der Waals surface area contributed by atoms with Crippen molar-refractivity contribution < 1.29 is 9.53 Å². The second kappa shape index (κ2) is 9.31. The maximum atomic E-state index is 12.5. The van der Waals surface area contributed by atoms with E-state index in [0.717, 1.165) is 33.3 Å². The van der Waals surface area contributed by atoms with Crippen LogP contribution in [0.25, 0.3) is 11.8 Å². The Kier molecular flexibility index (Phi) is 6.13. The van der Waals surface area contributed by atoms with Gasteiger partial charge in [-0.3, -0.25) is 4.79 Å². The number of nitrogens with one attached hydrogen (secondary N) is 1. The molecular weight excluding hydrogens is 412 g/mol. The number of amides is 1. The average molecular weight is 433 g/mol. The maximum Gasteiger partial charge on any atom is 0.248 e. The number of hydrogen-bond acceptors (Lipinski definition) is 7. The number of carbonyl (C=O) groups is 1. The number of aryl methyl sites for hydroxylation is 2. The molecule has 0 saturated carbocycles. The van der Waals surface area contributed by atoms with Crippen molar-refractivity contribution in [1.29, 1.82) is 0 Å². The van der Waals surface area contributed by atoms with Crippen molar-refractivity contribution in [2.24, 2.45) is 0 Å². The van der Waals surface area contributed by atoms with Crippen LogP contribution in [0.1, 0.15) is 21.8 Å². The fourth-order valence-corrected chi connectivity index (χ4v) is 3.45. The molecule has 1 amide bonds. The van der Waals surface area contributed by atoms with Gasteiger partial charge < -0.3 is 10.1 Å². The third kappa shape index (κ3) is 5.40. The van der Waals surface area contributed by atoms with Crippen molar-refractivity contribution in [1.82, 2.24) is 25.2 Å². The summed E-state index contributed by atoms with van der Waals surface area (Å²) in [4.78, 5) is 16.8. The van der Waals surface area contributed by atoms with Gasteiger partial charge in [-0.2, -0.15) is 0 Å². The lowest BCUT2D eigenvalue weighted by atomic mass is 10.1. The Balaban J connectivity index is 1.39. The Morgan fingerprint density at radius 2 is 2.13 bits per heavy atom. The Morgan fingerprint density at radius 1 is 1.23 bits per heavy atom. The van der Waals surface area contributed by atoms with Crippen LogP contribution in [-0.4, -0.2) is 31.1 Å². The summed E-state index contributed by atoms with van der Waals surface area (Å²) in [6.45, 7) is 4.30. The molecule has 0 spiro atoms. The highest BCUT2D eigenvalue weighted by Crippen LogP contribution is 2.20. The Bertz CT molecular complexity index is 1220. The molecule has 2 aromatic carbocycles. The number of carbonyl (C=O) groups excluding carboxylic acids is 1. The molecule has 0 fully saturated rings. The van der Waals surface area contributed by atoms with E-state index in [1.807, 2.05) is 61.7 Å². The van der Waals surface area contributed by atoms with Gasteiger partial charge in [0.2, 0.25) is 5.91 Å². The van der Waals surface area contributed by atoms with Crippen molar-refractivity contribution >= 4 is 29.0 Å². The van der Waals surface area contributed by atoms with Crippen molar-refractivity contribution in [3.05, 3.63) is 82.1 Å². The Labute approximate surface area is 183 Å². The summed E-state index contributed by atoms with van der Waals surface area (Å²) in [6.07, 6.45) is 4.74. The number of benzene rings is 2. The SMILES string of the molecule is Cc1nc(COc2cccc(/C=C/C(=O)Nc3cc(-n4cnnn4)ccc3C)c2)cs1. The number of aromatic nitrogens is 5. The zero-order chi connectivity index (χ0) is 21.6. The highest BCUT2D eigenvalue weighted by Gasteiger charge is 2.06. The molecule has 2 heterocycles. The monoisotopic (exact) mass is 432 g/mol. The molecule has 31 heavy (non-hydrogen) atoms. The van der Waals surface area contributed by atoms with Crippen LogP contribution in [0, 0.1) is 13.8 Å². The number of anilines is 1. The minimum Gasteiger partial charge on any atom is -0.487 e. The standard InChI is InChI=1S/C22H20N6O2S/c1-15-6-8-19(28-14-23-26-27-28)11-21(15)25-22(29)9-7-17-4-3-5-20(10-17)30-12-18-13-31-16(2)24-18/h3-11,13-14H,12H2,1-2H3,(H,25,29)/b9-7+.